The maximum atomic E-state index is 10.8. The molecule has 12 nitrogen and oxygen atoms in total. The molecule has 0 atom stereocenters. The van der Waals surface area contributed by atoms with Crippen molar-refractivity contribution in [3.8, 4) is 11.5 Å². The number of nitrogens with two attached hydrogens (primary N) is 1. The number of anilines is 1. The molecule has 0 amide bonds. The van der Waals surface area contributed by atoms with Gasteiger partial charge in [0.2, 0.25) is 0 Å². The third-order valence-corrected chi connectivity index (χ3v) is 4.01. The predicted molar refractivity (Wildman–Crippen MR) is 113 cm³/mol. The molecule has 0 unspecified atom stereocenters. The zero-order chi connectivity index (χ0) is 23.5. The van der Waals surface area contributed by atoms with Crippen molar-refractivity contribution in [1.29, 1.82) is 0 Å². The monoisotopic (exact) mass is 446 g/mol. The van der Waals surface area contributed by atoms with Crippen molar-refractivity contribution in [3.05, 3.63) is 46.5 Å². The first-order chi connectivity index (χ1) is 15.3. The standard InChI is InChI=1S/C20H22N4O8/c21-15-11-18(32-10-2-4-20(27)28)16(12-17(15)31-9-1-3-19(25)26)23-22-13-5-7-14(8-6-13)24(29)30/h5-8,11-12H,1-4,9-10,21H2,(H,25,26)(H,27,28). The van der Waals surface area contributed by atoms with Gasteiger partial charge >= 0.3 is 11.9 Å². The topological polar surface area (TPSA) is 187 Å². The average molecular weight is 446 g/mol. The molecule has 0 saturated carbocycles. The van der Waals surface area contributed by atoms with Crippen LogP contribution in [-0.2, 0) is 9.59 Å². The van der Waals surface area contributed by atoms with Gasteiger partial charge in [-0.15, -0.1) is 5.11 Å². The minimum atomic E-state index is -0.948. The molecule has 0 aliphatic carbocycles. The smallest absolute Gasteiger partial charge is 0.303 e. The van der Waals surface area contributed by atoms with Crippen molar-refractivity contribution in [2.75, 3.05) is 18.9 Å². The maximum Gasteiger partial charge on any atom is 0.303 e. The van der Waals surface area contributed by atoms with Crippen LogP contribution < -0.4 is 15.2 Å². The normalized spacial score (nSPS) is 10.8. The highest BCUT2D eigenvalue weighted by molar-refractivity contribution is 5.68. The van der Waals surface area contributed by atoms with Crippen molar-refractivity contribution in [2.45, 2.75) is 25.7 Å². The van der Waals surface area contributed by atoms with Crippen molar-refractivity contribution in [1.82, 2.24) is 0 Å². The maximum absolute atomic E-state index is 10.8. The van der Waals surface area contributed by atoms with Crippen LogP contribution in [0.2, 0.25) is 0 Å². The minimum absolute atomic E-state index is 0.0581. The molecule has 2 rings (SSSR count). The number of nitrogen functional groups attached to an aromatic ring is 1. The largest absolute Gasteiger partial charge is 0.491 e. The Morgan fingerprint density at radius 3 is 2.03 bits per heavy atom. The Hall–Kier alpha value is -4.22. The van der Waals surface area contributed by atoms with Crippen LogP contribution in [-0.4, -0.2) is 40.3 Å². The van der Waals surface area contributed by atoms with E-state index in [0.29, 0.717) is 5.69 Å². The molecule has 4 N–H and O–H groups in total. The molecule has 32 heavy (non-hydrogen) atoms. The van der Waals surface area contributed by atoms with Crippen LogP contribution in [0.3, 0.4) is 0 Å². The summed E-state index contributed by atoms with van der Waals surface area (Å²) in [5.41, 5.74) is 6.72. The molecule has 2 aromatic carbocycles. The molecule has 12 heteroatoms. The zero-order valence-corrected chi connectivity index (χ0v) is 17.0. The Kier molecular flexibility index (Phi) is 8.90. The molecule has 0 aromatic heterocycles. The van der Waals surface area contributed by atoms with Crippen LogP contribution >= 0.6 is 0 Å². The number of nitrogens with zero attached hydrogens (tertiary/aromatic N) is 3. The van der Waals surface area contributed by atoms with Crippen LogP contribution in [0.4, 0.5) is 22.7 Å². The molecule has 0 saturated heterocycles. The summed E-state index contributed by atoms with van der Waals surface area (Å²) in [5, 5.41) is 36.4. The van der Waals surface area contributed by atoms with E-state index in [-0.39, 0.29) is 67.5 Å². The van der Waals surface area contributed by atoms with Crippen LogP contribution in [0.15, 0.2) is 46.6 Å². The van der Waals surface area contributed by atoms with Gasteiger partial charge in [0.1, 0.15) is 17.2 Å². The van der Waals surface area contributed by atoms with Gasteiger partial charge in [-0.3, -0.25) is 19.7 Å². The van der Waals surface area contributed by atoms with Crippen molar-refractivity contribution < 1.29 is 34.2 Å². The summed E-state index contributed by atoms with van der Waals surface area (Å²) in [6.07, 6.45) is 0.417. The van der Waals surface area contributed by atoms with E-state index in [1.165, 1.54) is 36.4 Å². The highest BCUT2D eigenvalue weighted by Gasteiger charge is 2.12. The van der Waals surface area contributed by atoms with Gasteiger partial charge in [0.15, 0.2) is 0 Å². The number of rotatable bonds is 13. The Labute approximate surface area is 182 Å². The van der Waals surface area contributed by atoms with E-state index in [9.17, 15) is 19.7 Å². The van der Waals surface area contributed by atoms with Gasteiger partial charge < -0.3 is 25.4 Å². The van der Waals surface area contributed by atoms with Gasteiger partial charge in [-0.25, -0.2) is 0 Å². The Balaban J connectivity index is 2.21. The first-order valence-electron chi connectivity index (χ1n) is 9.55. The molecule has 0 aliphatic heterocycles. The lowest BCUT2D eigenvalue weighted by Gasteiger charge is -2.13. The first kappa shape index (κ1) is 24.1. The lowest BCUT2D eigenvalue weighted by atomic mass is 10.2. The van der Waals surface area contributed by atoms with E-state index in [4.69, 9.17) is 25.4 Å². The predicted octanol–water partition coefficient (Wildman–Crippen LogP) is 4.08. The Morgan fingerprint density at radius 2 is 1.50 bits per heavy atom. The van der Waals surface area contributed by atoms with E-state index in [1.54, 1.807) is 0 Å². The van der Waals surface area contributed by atoms with Crippen molar-refractivity contribution >= 4 is 34.7 Å². The first-order valence-corrected chi connectivity index (χ1v) is 9.55. The van der Waals surface area contributed by atoms with Crippen molar-refractivity contribution in [2.24, 2.45) is 10.2 Å². The summed E-state index contributed by atoms with van der Waals surface area (Å²) in [5.74, 6) is -1.39. The number of ether oxygens (including phenoxy) is 2. The number of nitro benzene ring substituents is 1. The number of nitro groups is 1. The molecule has 0 fully saturated rings. The van der Waals surface area contributed by atoms with E-state index in [0.717, 1.165) is 0 Å². The van der Waals surface area contributed by atoms with Crippen molar-refractivity contribution in [3.63, 3.8) is 0 Å². The highest BCUT2D eigenvalue weighted by Crippen LogP contribution is 2.38. The van der Waals surface area contributed by atoms with Gasteiger partial charge in [-0.1, -0.05) is 0 Å². The number of hydrogen-bond donors (Lipinski definition) is 3. The zero-order valence-electron chi connectivity index (χ0n) is 17.0. The van der Waals surface area contributed by atoms with Gasteiger partial charge in [0.25, 0.3) is 5.69 Å². The molecule has 0 bridgehead atoms. The fraction of sp³-hybridized carbons (Fsp3) is 0.300. The minimum Gasteiger partial charge on any atom is -0.491 e. The molecule has 2 aromatic rings. The van der Waals surface area contributed by atoms with E-state index >= 15 is 0 Å². The summed E-state index contributed by atoms with van der Waals surface area (Å²) in [7, 11) is 0. The lowest BCUT2D eigenvalue weighted by Crippen LogP contribution is -2.05. The van der Waals surface area contributed by atoms with E-state index < -0.39 is 16.9 Å². The SMILES string of the molecule is Nc1cc(OCCCC(=O)O)c(N=Nc2ccc([N+](=O)[O-])cc2)cc1OCCCC(=O)O. The second kappa shape index (κ2) is 11.8. The number of benzene rings is 2. The summed E-state index contributed by atoms with van der Waals surface area (Å²) in [6.45, 7) is 0.221. The lowest BCUT2D eigenvalue weighted by molar-refractivity contribution is -0.384. The number of carboxylic acid groups (broad SMARTS) is 2. The Bertz CT molecular complexity index is 992. The average Bonchev–Trinajstić information content (AvgIpc) is 2.74. The van der Waals surface area contributed by atoms with E-state index in [2.05, 4.69) is 10.2 Å². The third-order valence-electron chi connectivity index (χ3n) is 4.01. The summed E-state index contributed by atoms with van der Waals surface area (Å²) < 4.78 is 11.1. The van der Waals surface area contributed by atoms with Gasteiger partial charge in [0, 0.05) is 37.1 Å². The van der Waals surface area contributed by atoms with Gasteiger partial charge in [-0.05, 0) is 25.0 Å². The highest BCUT2D eigenvalue weighted by atomic mass is 16.6. The molecule has 0 aliphatic rings. The fourth-order valence-electron chi connectivity index (χ4n) is 2.45. The molecular formula is C20H22N4O8. The second-order valence-electron chi connectivity index (χ2n) is 6.52. The number of azo groups is 1. The molecule has 0 heterocycles. The number of non-ortho nitro benzene ring substituents is 1. The van der Waals surface area contributed by atoms with Gasteiger partial charge in [-0.2, -0.15) is 5.11 Å². The van der Waals surface area contributed by atoms with Gasteiger partial charge in [0.05, 0.1) is 29.5 Å². The number of carboxylic acids is 2. The third kappa shape index (κ3) is 7.89. The number of carbonyl (C=O) groups is 2. The molecule has 170 valence electrons. The summed E-state index contributed by atoms with van der Waals surface area (Å²) in [4.78, 5) is 31.5. The number of aliphatic carboxylic acids is 2. The quantitative estimate of drug-likeness (QED) is 0.134. The summed E-state index contributed by atoms with van der Waals surface area (Å²) >= 11 is 0. The van der Waals surface area contributed by atoms with Crippen LogP contribution in [0.25, 0.3) is 0 Å². The molecule has 0 spiro atoms. The van der Waals surface area contributed by atoms with E-state index in [1.807, 2.05) is 0 Å². The molecule has 0 radical (unpaired) electrons. The second-order valence-corrected chi connectivity index (χ2v) is 6.52. The summed E-state index contributed by atoms with van der Waals surface area (Å²) in [6, 6.07) is 8.36. The van der Waals surface area contributed by atoms with Crippen LogP contribution in [0.5, 0.6) is 11.5 Å². The molecular weight excluding hydrogens is 424 g/mol. The Morgan fingerprint density at radius 1 is 0.938 bits per heavy atom. The fourth-order valence-corrected chi connectivity index (χ4v) is 2.45. The van der Waals surface area contributed by atoms with Crippen LogP contribution in [0, 0.1) is 10.1 Å². The number of hydrogen-bond acceptors (Lipinski definition) is 9. The van der Waals surface area contributed by atoms with Crippen LogP contribution in [0.1, 0.15) is 25.7 Å².